The first kappa shape index (κ1) is 13.1. The van der Waals surface area contributed by atoms with Gasteiger partial charge in [0.2, 0.25) is 0 Å². The first-order valence-corrected chi connectivity index (χ1v) is 5.74. The molecule has 0 aliphatic rings. The van der Waals surface area contributed by atoms with E-state index >= 15 is 0 Å². The number of halogens is 2. The molecule has 0 aromatic heterocycles. The average Bonchev–Trinajstić information content (AvgIpc) is 2.28. The maximum Gasteiger partial charge on any atom is 0.255 e. The maximum absolute atomic E-state index is 13.0. The molecule has 0 atom stereocenters. The summed E-state index contributed by atoms with van der Waals surface area (Å²) < 4.78 is 13.6. The van der Waals surface area contributed by atoms with Gasteiger partial charge in [0.05, 0.1) is 12.2 Å². The minimum absolute atomic E-state index is 0.105. The van der Waals surface area contributed by atoms with E-state index in [2.05, 4.69) is 15.9 Å². The number of nitrogens with zero attached hydrogens (tertiary/aromatic N) is 1. The lowest BCUT2D eigenvalue weighted by molar-refractivity contribution is 0.0730. The van der Waals surface area contributed by atoms with Crippen LogP contribution in [0.1, 0.15) is 17.3 Å². The average molecular weight is 290 g/mol. The molecule has 0 heterocycles. The Balaban J connectivity index is 2.98. The number of hydrogen-bond donors (Lipinski definition) is 1. The fourth-order valence-corrected chi connectivity index (χ4v) is 1.77. The molecule has 0 unspecified atom stereocenters. The minimum Gasteiger partial charge on any atom is -0.395 e. The number of amides is 1. The molecule has 0 saturated heterocycles. The van der Waals surface area contributed by atoms with Crippen molar-refractivity contribution in [1.29, 1.82) is 0 Å². The fourth-order valence-electron chi connectivity index (χ4n) is 1.36. The van der Waals surface area contributed by atoms with Crippen molar-refractivity contribution in [2.24, 2.45) is 0 Å². The highest BCUT2D eigenvalue weighted by Gasteiger charge is 2.16. The summed E-state index contributed by atoms with van der Waals surface area (Å²) in [6.45, 7) is 2.42. The van der Waals surface area contributed by atoms with E-state index in [0.717, 1.165) is 0 Å². The van der Waals surface area contributed by atoms with Crippen molar-refractivity contribution in [3.63, 3.8) is 0 Å². The molecule has 0 spiro atoms. The number of benzene rings is 1. The first-order valence-electron chi connectivity index (χ1n) is 4.95. The number of likely N-dealkylation sites (N-methyl/N-ethyl adjacent to an activating group) is 1. The lowest BCUT2D eigenvalue weighted by atomic mass is 10.2. The molecule has 0 aliphatic carbocycles. The van der Waals surface area contributed by atoms with Crippen molar-refractivity contribution in [2.75, 3.05) is 19.7 Å². The second-order valence-corrected chi connectivity index (χ2v) is 4.09. The van der Waals surface area contributed by atoms with E-state index in [9.17, 15) is 9.18 Å². The van der Waals surface area contributed by atoms with E-state index in [1.807, 2.05) is 0 Å². The Hall–Kier alpha value is -0.940. The molecular weight excluding hydrogens is 277 g/mol. The smallest absolute Gasteiger partial charge is 0.255 e. The van der Waals surface area contributed by atoms with Crippen molar-refractivity contribution >= 4 is 21.8 Å². The third-order valence-electron chi connectivity index (χ3n) is 2.20. The molecule has 1 amide bonds. The van der Waals surface area contributed by atoms with Crippen LogP contribution in [0.15, 0.2) is 22.7 Å². The van der Waals surface area contributed by atoms with Gasteiger partial charge in [-0.3, -0.25) is 4.79 Å². The zero-order valence-electron chi connectivity index (χ0n) is 8.91. The Bertz CT molecular complexity index is 384. The van der Waals surface area contributed by atoms with Gasteiger partial charge in [0.25, 0.3) is 5.91 Å². The van der Waals surface area contributed by atoms with Crippen molar-refractivity contribution in [3.8, 4) is 0 Å². The second kappa shape index (κ2) is 5.96. The summed E-state index contributed by atoms with van der Waals surface area (Å²) in [4.78, 5) is 13.4. The standard InChI is InChI=1S/C11H13BrFNO2/c1-2-14(5-6-15)11(16)9-7-8(13)3-4-10(9)12/h3-4,7,15H,2,5-6H2,1H3. The largest absolute Gasteiger partial charge is 0.395 e. The Morgan fingerprint density at radius 2 is 2.25 bits per heavy atom. The molecule has 5 heteroatoms. The van der Waals surface area contributed by atoms with Crippen molar-refractivity contribution in [2.45, 2.75) is 6.92 Å². The zero-order chi connectivity index (χ0) is 12.1. The number of carbonyl (C=O) groups excluding carboxylic acids is 1. The second-order valence-electron chi connectivity index (χ2n) is 3.23. The third-order valence-corrected chi connectivity index (χ3v) is 2.89. The quantitative estimate of drug-likeness (QED) is 0.922. The highest BCUT2D eigenvalue weighted by Crippen LogP contribution is 2.19. The van der Waals surface area contributed by atoms with Gasteiger partial charge >= 0.3 is 0 Å². The number of carbonyl (C=O) groups is 1. The summed E-state index contributed by atoms with van der Waals surface area (Å²) in [5.74, 6) is -0.741. The summed E-state index contributed by atoms with van der Waals surface area (Å²) in [7, 11) is 0. The lowest BCUT2D eigenvalue weighted by Gasteiger charge is -2.20. The Morgan fingerprint density at radius 1 is 1.56 bits per heavy atom. The Labute approximate surface area is 102 Å². The Kier molecular flexibility index (Phi) is 4.89. The molecule has 0 saturated carbocycles. The molecule has 1 rings (SSSR count). The topological polar surface area (TPSA) is 40.5 Å². The highest BCUT2D eigenvalue weighted by atomic mass is 79.9. The van der Waals surface area contributed by atoms with E-state index in [-0.39, 0.29) is 24.6 Å². The molecular formula is C11H13BrFNO2. The van der Waals surface area contributed by atoms with Crippen molar-refractivity contribution in [1.82, 2.24) is 4.90 Å². The summed E-state index contributed by atoms with van der Waals surface area (Å²) >= 11 is 3.20. The number of aliphatic hydroxyl groups is 1. The predicted molar refractivity (Wildman–Crippen MR) is 62.8 cm³/mol. The van der Waals surface area contributed by atoms with Gasteiger partial charge in [-0.05, 0) is 41.1 Å². The van der Waals surface area contributed by atoms with E-state index in [4.69, 9.17) is 5.11 Å². The van der Waals surface area contributed by atoms with E-state index in [1.165, 1.54) is 23.1 Å². The number of hydrogen-bond acceptors (Lipinski definition) is 2. The van der Waals surface area contributed by atoms with Crippen LogP contribution in [-0.2, 0) is 0 Å². The lowest BCUT2D eigenvalue weighted by Crippen LogP contribution is -2.33. The molecule has 16 heavy (non-hydrogen) atoms. The normalized spacial score (nSPS) is 10.2. The van der Waals surface area contributed by atoms with E-state index < -0.39 is 5.82 Å². The van der Waals surface area contributed by atoms with Crippen molar-refractivity contribution in [3.05, 3.63) is 34.1 Å². The third kappa shape index (κ3) is 3.02. The van der Waals surface area contributed by atoms with Crippen LogP contribution in [0.3, 0.4) is 0 Å². The van der Waals surface area contributed by atoms with Crippen LogP contribution in [0, 0.1) is 5.82 Å². The summed E-state index contributed by atoms with van der Waals surface area (Å²) in [6, 6.07) is 3.96. The molecule has 88 valence electrons. The molecule has 0 fully saturated rings. The van der Waals surface area contributed by atoms with Crippen LogP contribution in [0.25, 0.3) is 0 Å². The summed E-state index contributed by atoms with van der Waals surface area (Å²) in [6.07, 6.45) is 0. The first-order chi connectivity index (χ1) is 7.60. The summed E-state index contributed by atoms with van der Waals surface area (Å²) in [5.41, 5.74) is 0.273. The molecule has 1 aromatic rings. The van der Waals surface area contributed by atoms with Crippen molar-refractivity contribution < 1.29 is 14.3 Å². The van der Waals surface area contributed by atoms with Gasteiger partial charge in [-0.1, -0.05) is 0 Å². The molecule has 1 aromatic carbocycles. The number of rotatable bonds is 4. The van der Waals surface area contributed by atoms with Gasteiger partial charge in [-0.15, -0.1) is 0 Å². The fraction of sp³-hybridized carbons (Fsp3) is 0.364. The highest BCUT2D eigenvalue weighted by molar-refractivity contribution is 9.10. The number of aliphatic hydroxyl groups excluding tert-OH is 1. The predicted octanol–water partition coefficient (Wildman–Crippen LogP) is 2.04. The van der Waals surface area contributed by atoms with Crippen LogP contribution in [0.5, 0.6) is 0 Å². The molecule has 0 aliphatic heterocycles. The molecule has 1 N–H and O–H groups in total. The molecule has 0 bridgehead atoms. The van der Waals surface area contributed by atoms with Crippen LogP contribution in [0.2, 0.25) is 0 Å². The van der Waals surface area contributed by atoms with Gasteiger partial charge in [0.1, 0.15) is 5.82 Å². The monoisotopic (exact) mass is 289 g/mol. The molecule has 0 radical (unpaired) electrons. The zero-order valence-corrected chi connectivity index (χ0v) is 10.5. The van der Waals surface area contributed by atoms with Crippen LogP contribution in [0.4, 0.5) is 4.39 Å². The van der Waals surface area contributed by atoms with Gasteiger partial charge in [-0.25, -0.2) is 4.39 Å². The Morgan fingerprint density at radius 3 is 2.81 bits per heavy atom. The van der Waals surface area contributed by atoms with Gasteiger partial charge in [-0.2, -0.15) is 0 Å². The van der Waals surface area contributed by atoms with E-state index in [0.29, 0.717) is 11.0 Å². The van der Waals surface area contributed by atoms with Gasteiger partial charge in [0.15, 0.2) is 0 Å². The van der Waals surface area contributed by atoms with Gasteiger partial charge in [0, 0.05) is 17.6 Å². The minimum atomic E-state index is -0.452. The van der Waals surface area contributed by atoms with E-state index in [1.54, 1.807) is 6.92 Å². The van der Waals surface area contributed by atoms with Gasteiger partial charge < -0.3 is 10.0 Å². The SMILES string of the molecule is CCN(CCO)C(=O)c1cc(F)ccc1Br. The van der Waals surface area contributed by atoms with Crippen LogP contribution in [-0.4, -0.2) is 35.6 Å². The molecule has 3 nitrogen and oxygen atoms in total. The maximum atomic E-state index is 13.0. The summed E-state index contributed by atoms with van der Waals surface area (Å²) in [5, 5.41) is 8.81. The van der Waals surface area contributed by atoms with Crippen LogP contribution < -0.4 is 0 Å². The van der Waals surface area contributed by atoms with Crippen LogP contribution >= 0.6 is 15.9 Å².